The van der Waals surface area contributed by atoms with Gasteiger partial charge in [0.05, 0.1) is 18.9 Å². The number of carbonyl (C=O) groups excluding carboxylic acids is 2. The molecule has 2 heterocycles. The first-order valence-corrected chi connectivity index (χ1v) is 11.3. The van der Waals surface area contributed by atoms with Gasteiger partial charge in [-0.15, -0.1) is 0 Å². The quantitative estimate of drug-likeness (QED) is 0.565. The van der Waals surface area contributed by atoms with Crippen LogP contribution in [0.25, 0.3) is 5.69 Å². The van der Waals surface area contributed by atoms with E-state index in [1.54, 1.807) is 16.8 Å². The SMILES string of the molecule is O=C(COC(=O)c1nn(-c2ccc(F)cc2)c2c1CCC2)Nc1ccc(N2CCOCC2)cc1. The third kappa shape index (κ3) is 4.65. The Kier molecular flexibility index (Phi) is 6.27. The predicted molar refractivity (Wildman–Crippen MR) is 124 cm³/mol. The maximum absolute atomic E-state index is 13.3. The lowest BCUT2D eigenvalue weighted by Crippen LogP contribution is -2.36. The minimum Gasteiger partial charge on any atom is -0.451 e. The van der Waals surface area contributed by atoms with Crippen LogP contribution < -0.4 is 10.2 Å². The zero-order chi connectivity index (χ0) is 23.5. The number of ether oxygens (including phenoxy) is 2. The van der Waals surface area contributed by atoms with Crippen molar-refractivity contribution in [1.82, 2.24) is 9.78 Å². The highest BCUT2D eigenvalue weighted by Crippen LogP contribution is 2.28. The second kappa shape index (κ2) is 9.64. The van der Waals surface area contributed by atoms with Gasteiger partial charge in [-0.3, -0.25) is 4.79 Å². The highest BCUT2D eigenvalue weighted by atomic mass is 19.1. The Morgan fingerprint density at radius 2 is 1.71 bits per heavy atom. The standard InChI is InChI=1S/C25H25FN4O4/c26-17-4-8-20(9-5-17)30-22-3-1-2-21(22)24(28-30)25(32)34-16-23(31)27-18-6-10-19(11-7-18)29-12-14-33-15-13-29/h4-11H,1-3,12-16H2,(H,27,31). The zero-order valence-corrected chi connectivity index (χ0v) is 18.6. The van der Waals surface area contributed by atoms with Gasteiger partial charge in [-0.1, -0.05) is 0 Å². The summed E-state index contributed by atoms with van der Waals surface area (Å²) in [6.07, 6.45) is 2.38. The van der Waals surface area contributed by atoms with Crippen molar-refractivity contribution in [2.24, 2.45) is 0 Å². The fraction of sp³-hybridized carbons (Fsp3) is 0.320. The van der Waals surface area contributed by atoms with Gasteiger partial charge in [0.15, 0.2) is 12.3 Å². The van der Waals surface area contributed by atoms with E-state index in [-0.39, 0.29) is 11.5 Å². The molecule has 0 unspecified atom stereocenters. The van der Waals surface area contributed by atoms with E-state index in [2.05, 4.69) is 15.3 Å². The molecule has 0 spiro atoms. The Bertz CT molecular complexity index is 1180. The first kappa shape index (κ1) is 22.1. The molecule has 176 valence electrons. The van der Waals surface area contributed by atoms with Gasteiger partial charge in [0.25, 0.3) is 5.91 Å². The number of hydrogen-bond donors (Lipinski definition) is 1. The second-order valence-corrected chi connectivity index (χ2v) is 8.29. The average Bonchev–Trinajstić information content (AvgIpc) is 3.47. The van der Waals surface area contributed by atoms with Gasteiger partial charge in [-0.05, 0) is 67.8 Å². The number of carbonyl (C=O) groups is 2. The lowest BCUT2D eigenvalue weighted by Gasteiger charge is -2.28. The highest BCUT2D eigenvalue weighted by Gasteiger charge is 2.28. The Hall–Kier alpha value is -3.72. The fourth-order valence-corrected chi connectivity index (χ4v) is 4.37. The number of rotatable bonds is 6. The van der Waals surface area contributed by atoms with E-state index in [0.29, 0.717) is 31.0 Å². The van der Waals surface area contributed by atoms with E-state index in [1.165, 1.54) is 12.1 Å². The molecule has 8 nitrogen and oxygen atoms in total. The third-order valence-corrected chi connectivity index (χ3v) is 6.06. The minimum absolute atomic E-state index is 0.208. The Balaban J connectivity index is 1.20. The first-order valence-electron chi connectivity index (χ1n) is 11.3. The molecule has 2 aromatic carbocycles. The molecule has 5 rings (SSSR count). The summed E-state index contributed by atoms with van der Waals surface area (Å²) in [6.45, 7) is 2.66. The van der Waals surface area contributed by atoms with E-state index >= 15 is 0 Å². The molecule has 0 radical (unpaired) electrons. The lowest BCUT2D eigenvalue weighted by molar-refractivity contribution is -0.119. The van der Waals surface area contributed by atoms with Crippen LogP contribution in [0.3, 0.4) is 0 Å². The Morgan fingerprint density at radius 1 is 1.00 bits per heavy atom. The van der Waals surface area contributed by atoms with Crippen LogP contribution in [0.1, 0.15) is 28.2 Å². The van der Waals surface area contributed by atoms with Gasteiger partial charge in [-0.25, -0.2) is 13.9 Å². The topological polar surface area (TPSA) is 85.7 Å². The minimum atomic E-state index is -0.642. The van der Waals surface area contributed by atoms with E-state index in [1.807, 2.05) is 24.3 Å². The summed E-state index contributed by atoms with van der Waals surface area (Å²) >= 11 is 0. The van der Waals surface area contributed by atoms with Crippen molar-refractivity contribution in [2.45, 2.75) is 19.3 Å². The number of amides is 1. The molecule has 1 amide bonds. The maximum atomic E-state index is 13.3. The van der Waals surface area contributed by atoms with Gasteiger partial charge < -0.3 is 19.7 Å². The number of anilines is 2. The fourth-order valence-electron chi connectivity index (χ4n) is 4.37. The van der Waals surface area contributed by atoms with Crippen LogP contribution in [-0.2, 0) is 27.1 Å². The molecular formula is C25H25FN4O4. The molecule has 34 heavy (non-hydrogen) atoms. The number of hydrogen-bond acceptors (Lipinski definition) is 6. The zero-order valence-electron chi connectivity index (χ0n) is 18.6. The lowest BCUT2D eigenvalue weighted by atomic mass is 10.2. The molecule has 0 bridgehead atoms. The van der Waals surface area contributed by atoms with Crippen LogP contribution in [0.5, 0.6) is 0 Å². The summed E-state index contributed by atoms with van der Waals surface area (Å²) < 4.78 is 25.6. The van der Waals surface area contributed by atoms with Crippen molar-refractivity contribution in [3.05, 3.63) is 71.3 Å². The molecule has 0 atom stereocenters. The van der Waals surface area contributed by atoms with Gasteiger partial charge in [0, 0.05) is 35.7 Å². The molecule has 1 N–H and O–H groups in total. The summed E-state index contributed by atoms with van der Waals surface area (Å²) in [5.74, 6) is -1.41. The summed E-state index contributed by atoms with van der Waals surface area (Å²) in [7, 11) is 0. The van der Waals surface area contributed by atoms with Crippen LogP contribution in [0.4, 0.5) is 15.8 Å². The molecular weight excluding hydrogens is 439 g/mol. The molecule has 2 aliphatic rings. The highest BCUT2D eigenvalue weighted by molar-refractivity contribution is 5.95. The van der Waals surface area contributed by atoms with E-state index in [9.17, 15) is 14.0 Å². The van der Waals surface area contributed by atoms with Gasteiger partial charge in [0.2, 0.25) is 0 Å². The predicted octanol–water partition coefficient (Wildman–Crippen LogP) is 3.13. The van der Waals surface area contributed by atoms with Crippen molar-refractivity contribution >= 4 is 23.3 Å². The van der Waals surface area contributed by atoms with Crippen LogP contribution >= 0.6 is 0 Å². The summed E-state index contributed by atoms with van der Waals surface area (Å²) in [4.78, 5) is 27.3. The molecule has 3 aromatic rings. The largest absolute Gasteiger partial charge is 0.451 e. The Morgan fingerprint density at radius 3 is 2.44 bits per heavy atom. The first-order chi connectivity index (χ1) is 16.6. The van der Waals surface area contributed by atoms with Gasteiger partial charge >= 0.3 is 5.97 Å². The number of halogens is 1. The normalized spacial score (nSPS) is 15.1. The Labute approximate surface area is 196 Å². The number of nitrogens with zero attached hydrogens (tertiary/aromatic N) is 3. The van der Waals surface area contributed by atoms with Crippen LogP contribution in [0.15, 0.2) is 48.5 Å². The molecule has 9 heteroatoms. The van der Waals surface area contributed by atoms with Crippen molar-refractivity contribution in [3.63, 3.8) is 0 Å². The monoisotopic (exact) mass is 464 g/mol. The van der Waals surface area contributed by atoms with Crippen LogP contribution in [0, 0.1) is 5.82 Å². The second-order valence-electron chi connectivity index (χ2n) is 8.29. The molecule has 1 aliphatic heterocycles. The van der Waals surface area contributed by atoms with Gasteiger partial charge in [-0.2, -0.15) is 5.10 Å². The number of benzene rings is 2. The maximum Gasteiger partial charge on any atom is 0.359 e. The number of esters is 1. The van der Waals surface area contributed by atoms with Crippen molar-refractivity contribution in [3.8, 4) is 5.69 Å². The molecule has 1 aromatic heterocycles. The van der Waals surface area contributed by atoms with Crippen LogP contribution in [0.2, 0.25) is 0 Å². The van der Waals surface area contributed by atoms with E-state index in [4.69, 9.17) is 9.47 Å². The number of fused-ring (bicyclic) bond motifs is 1. The number of nitrogens with one attached hydrogen (secondary N) is 1. The van der Waals surface area contributed by atoms with E-state index in [0.717, 1.165) is 42.9 Å². The number of aromatic nitrogens is 2. The third-order valence-electron chi connectivity index (χ3n) is 6.06. The summed E-state index contributed by atoms with van der Waals surface area (Å²) in [5, 5.41) is 7.17. The van der Waals surface area contributed by atoms with Crippen molar-refractivity contribution < 1.29 is 23.5 Å². The average molecular weight is 464 g/mol. The molecule has 0 saturated carbocycles. The number of morpholine rings is 1. The van der Waals surface area contributed by atoms with Gasteiger partial charge in [0.1, 0.15) is 5.82 Å². The van der Waals surface area contributed by atoms with Crippen molar-refractivity contribution in [1.29, 1.82) is 0 Å². The van der Waals surface area contributed by atoms with E-state index < -0.39 is 18.5 Å². The molecule has 1 fully saturated rings. The molecule has 1 aliphatic carbocycles. The summed E-state index contributed by atoms with van der Waals surface area (Å²) in [5.41, 5.74) is 4.33. The summed E-state index contributed by atoms with van der Waals surface area (Å²) in [6, 6.07) is 13.5. The van der Waals surface area contributed by atoms with Crippen molar-refractivity contribution in [2.75, 3.05) is 43.1 Å². The molecule has 1 saturated heterocycles. The smallest absolute Gasteiger partial charge is 0.359 e. The van der Waals surface area contributed by atoms with Crippen LogP contribution in [-0.4, -0.2) is 54.6 Å².